The van der Waals surface area contributed by atoms with Crippen LogP contribution in [0.25, 0.3) is 0 Å². The molecule has 6 nitrogen and oxygen atoms in total. The highest BCUT2D eigenvalue weighted by molar-refractivity contribution is 7.92. The largest absolute Gasteiger partial charge is 0.326 e. The Balaban J connectivity index is 2.05. The fourth-order valence-corrected chi connectivity index (χ4v) is 3.49. The average molecular weight is 385 g/mol. The van der Waals surface area contributed by atoms with Gasteiger partial charge >= 0.3 is 0 Å². The Morgan fingerprint density at radius 1 is 1.11 bits per heavy atom. The number of carbonyl (C=O) groups excluding carboxylic acids is 1. The van der Waals surface area contributed by atoms with Crippen LogP contribution in [0.15, 0.2) is 48.5 Å². The van der Waals surface area contributed by atoms with Crippen molar-refractivity contribution >= 4 is 27.3 Å². The van der Waals surface area contributed by atoms with Gasteiger partial charge in [0, 0.05) is 18.7 Å². The molecule has 2 rings (SSSR count). The number of amides is 1. The molecule has 0 aliphatic rings. The number of hydrogen-bond donors (Lipinski definition) is 1. The number of carbonyl (C=O) groups is 1. The zero-order valence-corrected chi connectivity index (χ0v) is 16.5. The van der Waals surface area contributed by atoms with Crippen molar-refractivity contribution in [3.05, 3.63) is 59.7 Å². The number of nitrogens with zero attached hydrogens (tertiary/aromatic N) is 2. The van der Waals surface area contributed by atoms with Crippen LogP contribution in [0.1, 0.15) is 37.3 Å². The van der Waals surface area contributed by atoms with E-state index in [-0.39, 0.29) is 18.9 Å². The first-order chi connectivity index (χ1) is 12.7. The molecule has 1 N–H and O–H groups in total. The molecule has 0 spiro atoms. The molecule has 0 unspecified atom stereocenters. The summed E-state index contributed by atoms with van der Waals surface area (Å²) in [7, 11) is -3.51. The van der Waals surface area contributed by atoms with Gasteiger partial charge in [0.2, 0.25) is 15.9 Å². The first-order valence-corrected chi connectivity index (χ1v) is 10.4. The van der Waals surface area contributed by atoms with Gasteiger partial charge in [-0.2, -0.15) is 5.26 Å². The fourth-order valence-electron chi connectivity index (χ4n) is 2.57. The summed E-state index contributed by atoms with van der Waals surface area (Å²) in [6.07, 6.45) is 1.14. The van der Waals surface area contributed by atoms with Gasteiger partial charge in [0.15, 0.2) is 0 Å². The van der Waals surface area contributed by atoms with Crippen LogP contribution in [-0.4, -0.2) is 27.1 Å². The SMILES string of the molecule is CC(C)c1ccc(N(CCC(=O)Nc2ccc(C#N)cc2)S(C)(=O)=O)cc1. The number of sulfonamides is 1. The van der Waals surface area contributed by atoms with Gasteiger partial charge in [-0.05, 0) is 47.9 Å². The Bertz CT molecular complexity index is 928. The fraction of sp³-hybridized carbons (Fsp3) is 0.300. The minimum atomic E-state index is -3.51. The van der Waals surface area contributed by atoms with Crippen molar-refractivity contribution in [3.8, 4) is 6.07 Å². The van der Waals surface area contributed by atoms with E-state index in [1.54, 1.807) is 36.4 Å². The Morgan fingerprint density at radius 2 is 1.70 bits per heavy atom. The predicted molar refractivity (Wildman–Crippen MR) is 107 cm³/mol. The highest BCUT2D eigenvalue weighted by Gasteiger charge is 2.19. The van der Waals surface area contributed by atoms with Gasteiger partial charge in [-0.15, -0.1) is 0 Å². The first kappa shape index (κ1) is 20.5. The van der Waals surface area contributed by atoms with Gasteiger partial charge in [0.25, 0.3) is 0 Å². The summed E-state index contributed by atoms with van der Waals surface area (Å²) in [6.45, 7) is 4.18. The third-order valence-electron chi connectivity index (χ3n) is 4.09. The smallest absolute Gasteiger partial charge is 0.232 e. The van der Waals surface area contributed by atoms with Gasteiger partial charge in [-0.25, -0.2) is 8.42 Å². The second kappa shape index (κ2) is 8.69. The Labute approximate surface area is 160 Å². The maximum Gasteiger partial charge on any atom is 0.232 e. The van der Waals surface area contributed by atoms with E-state index in [1.807, 2.05) is 18.2 Å². The average Bonchev–Trinajstić information content (AvgIpc) is 2.61. The number of rotatable bonds is 7. The summed E-state index contributed by atoms with van der Waals surface area (Å²) >= 11 is 0. The first-order valence-electron chi connectivity index (χ1n) is 8.58. The topological polar surface area (TPSA) is 90.3 Å². The van der Waals surface area contributed by atoms with Crippen LogP contribution < -0.4 is 9.62 Å². The summed E-state index contributed by atoms with van der Waals surface area (Å²) in [6, 6.07) is 15.8. The van der Waals surface area contributed by atoms with Crippen LogP contribution in [0.4, 0.5) is 11.4 Å². The van der Waals surface area contributed by atoms with Gasteiger partial charge in [-0.3, -0.25) is 9.10 Å². The second-order valence-corrected chi connectivity index (χ2v) is 8.48. The van der Waals surface area contributed by atoms with Crippen LogP contribution >= 0.6 is 0 Å². The Morgan fingerprint density at radius 3 is 2.19 bits per heavy atom. The van der Waals surface area contributed by atoms with Gasteiger partial charge in [0.05, 0.1) is 23.6 Å². The van der Waals surface area contributed by atoms with E-state index in [0.717, 1.165) is 11.8 Å². The number of hydrogen-bond acceptors (Lipinski definition) is 4. The molecule has 0 atom stereocenters. The molecular formula is C20H23N3O3S. The molecule has 0 heterocycles. The van der Waals surface area contributed by atoms with Crippen LogP contribution in [0, 0.1) is 11.3 Å². The summed E-state index contributed by atoms with van der Waals surface area (Å²) in [5, 5.41) is 11.5. The zero-order valence-electron chi connectivity index (χ0n) is 15.6. The van der Waals surface area contributed by atoms with Gasteiger partial charge in [0.1, 0.15) is 0 Å². The third-order valence-corrected chi connectivity index (χ3v) is 5.28. The van der Waals surface area contributed by atoms with Crippen molar-refractivity contribution in [1.29, 1.82) is 5.26 Å². The molecule has 0 saturated carbocycles. The summed E-state index contributed by atoms with van der Waals surface area (Å²) in [5.74, 6) is 0.0519. The second-order valence-electron chi connectivity index (χ2n) is 6.57. The van der Waals surface area contributed by atoms with E-state index < -0.39 is 10.0 Å². The third kappa shape index (κ3) is 5.83. The highest BCUT2D eigenvalue weighted by Crippen LogP contribution is 2.22. The van der Waals surface area contributed by atoms with Gasteiger partial charge < -0.3 is 5.32 Å². The molecule has 0 bridgehead atoms. The molecule has 1 amide bonds. The molecule has 7 heteroatoms. The van der Waals surface area contributed by atoms with Crippen molar-refractivity contribution in [2.45, 2.75) is 26.2 Å². The van der Waals surface area contributed by atoms with E-state index in [2.05, 4.69) is 19.2 Å². The minimum Gasteiger partial charge on any atom is -0.326 e. The predicted octanol–water partition coefficient (Wildman–Crippen LogP) is 3.48. The summed E-state index contributed by atoms with van der Waals surface area (Å²) in [5.41, 5.74) is 2.71. The van der Waals surface area contributed by atoms with E-state index >= 15 is 0 Å². The summed E-state index contributed by atoms with van der Waals surface area (Å²) < 4.78 is 25.5. The van der Waals surface area contributed by atoms with E-state index in [0.29, 0.717) is 22.9 Å². The van der Waals surface area contributed by atoms with Crippen molar-refractivity contribution in [2.24, 2.45) is 0 Å². The Hall–Kier alpha value is -2.85. The lowest BCUT2D eigenvalue weighted by atomic mass is 10.0. The number of nitrogens with one attached hydrogen (secondary N) is 1. The molecule has 27 heavy (non-hydrogen) atoms. The number of nitriles is 1. The molecule has 0 saturated heterocycles. The van der Waals surface area contributed by atoms with Crippen molar-refractivity contribution in [3.63, 3.8) is 0 Å². The number of benzene rings is 2. The van der Waals surface area contributed by atoms with Gasteiger partial charge in [-0.1, -0.05) is 26.0 Å². The zero-order chi connectivity index (χ0) is 20.0. The molecule has 0 aliphatic carbocycles. The molecule has 142 valence electrons. The lowest BCUT2D eigenvalue weighted by molar-refractivity contribution is -0.116. The van der Waals surface area contributed by atoms with Crippen LogP contribution in [0.2, 0.25) is 0 Å². The van der Waals surface area contributed by atoms with Crippen molar-refractivity contribution < 1.29 is 13.2 Å². The monoisotopic (exact) mass is 385 g/mol. The van der Waals surface area contributed by atoms with E-state index in [1.165, 1.54) is 4.31 Å². The maximum absolute atomic E-state index is 12.2. The standard InChI is InChI=1S/C20H23N3O3S/c1-15(2)17-6-10-19(11-7-17)23(27(3,25)26)13-12-20(24)22-18-8-4-16(14-21)5-9-18/h4-11,15H,12-13H2,1-3H3,(H,22,24). The minimum absolute atomic E-state index is 0.0129. The highest BCUT2D eigenvalue weighted by atomic mass is 32.2. The van der Waals surface area contributed by atoms with Crippen LogP contribution in [-0.2, 0) is 14.8 Å². The Kier molecular flexibility index (Phi) is 6.59. The lowest BCUT2D eigenvalue weighted by Gasteiger charge is -2.22. The molecular weight excluding hydrogens is 362 g/mol. The van der Waals surface area contributed by atoms with E-state index in [4.69, 9.17) is 5.26 Å². The van der Waals surface area contributed by atoms with Crippen molar-refractivity contribution in [2.75, 3.05) is 22.4 Å². The molecule has 0 fully saturated rings. The van der Waals surface area contributed by atoms with Crippen LogP contribution in [0.5, 0.6) is 0 Å². The van der Waals surface area contributed by atoms with E-state index in [9.17, 15) is 13.2 Å². The molecule has 2 aromatic carbocycles. The lowest BCUT2D eigenvalue weighted by Crippen LogP contribution is -2.33. The molecule has 0 aliphatic heterocycles. The normalized spacial score (nSPS) is 11.1. The summed E-state index contributed by atoms with van der Waals surface area (Å²) in [4.78, 5) is 12.2. The van der Waals surface area contributed by atoms with Crippen molar-refractivity contribution in [1.82, 2.24) is 0 Å². The van der Waals surface area contributed by atoms with Crippen LogP contribution in [0.3, 0.4) is 0 Å². The molecule has 0 aromatic heterocycles. The maximum atomic E-state index is 12.2. The molecule has 0 radical (unpaired) electrons. The molecule has 2 aromatic rings. The number of anilines is 2. The quantitative estimate of drug-likeness (QED) is 0.790.